The zero-order chi connectivity index (χ0) is 26.9. The summed E-state index contributed by atoms with van der Waals surface area (Å²) in [5.74, 6) is -2.03. The van der Waals surface area contributed by atoms with Crippen LogP contribution in [0, 0.1) is 24.7 Å². The molecule has 1 N–H and O–H groups in total. The molecule has 37 heavy (non-hydrogen) atoms. The Hall–Kier alpha value is -2.29. The number of para-hydroxylation sites is 1. The monoisotopic (exact) mass is 543 g/mol. The van der Waals surface area contributed by atoms with Crippen molar-refractivity contribution in [3.8, 4) is 0 Å². The number of anilines is 1. The molecular weight excluding hydrogens is 510 g/mol. The highest BCUT2D eigenvalue weighted by Gasteiger charge is 2.74. The molecule has 7 nitrogen and oxygen atoms in total. The van der Waals surface area contributed by atoms with Gasteiger partial charge in [-0.25, -0.2) is 0 Å². The third kappa shape index (κ3) is 3.70. The summed E-state index contributed by atoms with van der Waals surface area (Å²) < 4.78 is -1.61. The zero-order valence-corrected chi connectivity index (χ0v) is 23.4. The summed E-state index contributed by atoms with van der Waals surface area (Å²) >= 11 is 8.15. The molecule has 1 aromatic carbocycles. The van der Waals surface area contributed by atoms with Gasteiger partial charge < -0.3 is 19.8 Å². The summed E-state index contributed by atoms with van der Waals surface area (Å²) in [5.41, 5.74) is 1.48. The molecule has 1 unspecified atom stereocenters. The van der Waals surface area contributed by atoms with Crippen LogP contribution in [-0.2, 0) is 14.4 Å². The number of aliphatic hydroxyl groups excluding tert-OH is 1. The highest BCUT2D eigenvalue weighted by atomic mass is 35.5. The molecule has 2 saturated heterocycles. The third-order valence-electron chi connectivity index (χ3n) is 8.47. The summed E-state index contributed by atoms with van der Waals surface area (Å²) in [4.78, 5) is 47.7. The van der Waals surface area contributed by atoms with Crippen LogP contribution in [-0.4, -0.2) is 80.9 Å². The van der Waals surface area contributed by atoms with Gasteiger partial charge in [0.2, 0.25) is 11.8 Å². The van der Waals surface area contributed by atoms with Crippen LogP contribution in [0.25, 0.3) is 0 Å². The highest BCUT2D eigenvalue weighted by molar-refractivity contribution is 8.02. The van der Waals surface area contributed by atoms with Crippen LogP contribution in [0.3, 0.4) is 0 Å². The van der Waals surface area contributed by atoms with Gasteiger partial charge in [-0.1, -0.05) is 61.9 Å². The van der Waals surface area contributed by atoms with Crippen molar-refractivity contribution in [2.75, 3.05) is 31.6 Å². The van der Waals surface area contributed by atoms with E-state index in [0.29, 0.717) is 23.8 Å². The van der Waals surface area contributed by atoms with Gasteiger partial charge in [-0.3, -0.25) is 14.4 Å². The fourth-order valence-electron chi connectivity index (χ4n) is 6.73. The van der Waals surface area contributed by atoms with Gasteiger partial charge in [-0.2, -0.15) is 0 Å². The van der Waals surface area contributed by atoms with E-state index in [4.69, 9.17) is 11.6 Å². The van der Waals surface area contributed by atoms with Gasteiger partial charge in [0.05, 0.1) is 39.9 Å². The van der Waals surface area contributed by atoms with Crippen LogP contribution in [0.2, 0.25) is 5.02 Å². The zero-order valence-electron chi connectivity index (χ0n) is 21.8. The Morgan fingerprint density at radius 2 is 1.78 bits per heavy atom. The molecule has 0 aliphatic carbocycles. The number of likely N-dealkylation sites (tertiary alicyclic amines) is 1. The summed E-state index contributed by atoms with van der Waals surface area (Å²) in [7, 11) is 1.75. The largest absolute Gasteiger partial charge is 0.394 e. The molecule has 0 aromatic heterocycles. The van der Waals surface area contributed by atoms with E-state index in [1.165, 1.54) is 0 Å². The Bertz CT molecular complexity index is 1200. The lowest BCUT2D eigenvalue weighted by molar-refractivity contribution is -0.145. The highest BCUT2D eigenvalue weighted by Crippen LogP contribution is 2.66. The van der Waals surface area contributed by atoms with E-state index in [0.717, 1.165) is 5.56 Å². The van der Waals surface area contributed by atoms with E-state index in [2.05, 4.69) is 0 Å². The van der Waals surface area contributed by atoms with Crippen molar-refractivity contribution < 1.29 is 19.5 Å². The van der Waals surface area contributed by atoms with E-state index >= 15 is 0 Å². The lowest BCUT2D eigenvalue weighted by Crippen LogP contribution is -2.58. The van der Waals surface area contributed by atoms with Gasteiger partial charge in [0.25, 0.3) is 5.91 Å². The quantitative estimate of drug-likeness (QED) is 0.589. The second-order valence-corrected chi connectivity index (χ2v) is 13.3. The fourth-order valence-corrected chi connectivity index (χ4v) is 9.19. The first-order valence-electron chi connectivity index (χ1n) is 12.8. The van der Waals surface area contributed by atoms with Gasteiger partial charge in [0, 0.05) is 24.9 Å². The summed E-state index contributed by atoms with van der Waals surface area (Å²) in [6, 6.07) is 4.06. The molecule has 3 amide bonds. The Morgan fingerprint density at radius 1 is 1.08 bits per heavy atom. The normalized spacial score (nSPS) is 34.0. The number of halogens is 1. The van der Waals surface area contributed by atoms with Gasteiger partial charge >= 0.3 is 0 Å². The van der Waals surface area contributed by atoms with Crippen molar-refractivity contribution in [3.05, 3.63) is 53.1 Å². The molecule has 4 aliphatic rings. The lowest BCUT2D eigenvalue weighted by atomic mass is 9.74. The van der Waals surface area contributed by atoms with Crippen molar-refractivity contribution in [2.45, 2.75) is 49.3 Å². The number of carbonyl (C=O) groups is 3. The van der Waals surface area contributed by atoms with Crippen LogP contribution in [0.15, 0.2) is 42.5 Å². The number of carbonyl (C=O) groups excluding carboxylic acids is 3. The summed E-state index contributed by atoms with van der Waals surface area (Å²) in [6.07, 6.45) is 7.95. The third-order valence-corrected chi connectivity index (χ3v) is 10.6. The Morgan fingerprint density at radius 3 is 2.43 bits per heavy atom. The smallest absolute Gasteiger partial charge is 0.251 e. The number of thioether (sulfide) groups is 1. The number of aryl methyl sites for hydroxylation is 1. The molecule has 0 saturated carbocycles. The number of nitrogens with zero attached hydrogens (tertiary/aromatic N) is 3. The van der Waals surface area contributed by atoms with E-state index in [-0.39, 0.29) is 30.2 Å². The number of rotatable bonds is 4. The first-order chi connectivity index (χ1) is 17.5. The molecule has 1 spiro atoms. The standard InChI is InChI=1S/C28H34ClN3O4S/c1-16(2)19(15-33)32-23-26(36)31(22-17(3)9-6-10-18(22)29)14-8-12-28(23)21(25(32)35)20-24(34)30(5)13-7-11-27(20,4)37-28/h6-12,16,19-21,23,33H,13-15H2,1-5H3/t19-,20-,21-,23?,27+,28-/m0/s1. The number of hydrogen-bond donors (Lipinski definition) is 1. The summed E-state index contributed by atoms with van der Waals surface area (Å²) in [5, 5.41) is 10.9. The molecule has 0 radical (unpaired) electrons. The fraction of sp³-hybridized carbons (Fsp3) is 0.536. The van der Waals surface area contributed by atoms with Gasteiger partial charge in [0.15, 0.2) is 0 Å². The molecule has 198 valence electrons. The number of benzene rings is 1. The van der Waals surface area contributed by atoms with Gasteiger partial charge in [0.1, 0.15) is 6.04 Å². The Kier molecular flexibility index (Phi) is 6.52. The van der Waals surface area contributed by atoms with Crippen LogP contribution in [0.5, 0.6) is 0 Å². The maximum Gasteiger partial charge on any atom is 0.251 e. The minimum absolute atomic E-state index is 0.0928. The van der Waals surface area contributed by atoms with Crippen molar-refractivity contribution in [1.29, 1.82) is 0 Å². The van der Waals surface area contributed by atoms with Crippen LogP contribution in [0.4, 0.5) is 5.69 Å². The Labute approximate surface area is 227 Å². The van der Waals surface area contributed by atoms with E-state index in [9.17, 15) is 19.5 Å². The van der Waals surface area contributed by atoms with Crippen molar-refractivity contribution in [2.24, 2.45) is 17.8 Å². The second-order valence-electron chi connectivity index (χ2n) is 11.1. The van der Waals surface area contributed by atoms with Crippen LogP contribution < -0.4 is 4.90 Å². The second kappa shape index (κ2) is 9.17. The maximum atomic E-state index is 14.6. The average Bonchev–Trinajstić information content (AvgIpc) is 3.11. The molecule has 1 aromatic rings. The van der Waals surface area contributed by atoms with E-state index < -0.39 is 33.4 Å². The topological polar surface area (TPSA) is 81.2 Å². The van der Waals surface area contributed by atoms with Crippen molar-refractivity contribution in [1.82, 2.24) is 9.80 Å². The first kappa shape index (κ1) is 26.3. The number of amides is 3. The predicted octanol–water partition coefficient (Wildman–Crippen LogP) is 3.28. The maximum absolute atomic E-state index is 14.6. The molecular formula is C28H34ClN3O4S. The molecule has 9 heteroatoms. The van der Waals surface area contributed by atoms with Gasteiger partial charge in [-0.15, -0.1) is 11.8 Å². The molecule has 0 bridgehead atoms. The predicted molar refractivity (Wildman–Crippen MR) is 147 cm³/mol. The van der Waals surface area contributed by atoms with Crippen molar-refractivity contribution in [3.63, 3.8) is 0 Å². The SMILES string of the molecule is Cc1cccc(Cl)c1N1CC=C[C@]23S[C@]4(C)C=CCN(C)C(=O)[C@@H]4[C@H]2C(=O)N([C@@H](CO)C(C)C)C3C1=O. The molecule has 4 aliphatic heterocycles. The van der Waals surface area contributed by atoms with E-state index in [1.54, 1.807) is 39.6 Å². The molecule has 6 atom stereocenters. The first-order valence-corrected chi connectivity index (χ1v) is 14.0. The minimum Gasteiger partial charge on any atom is -0.394 e. The molecule has 4 heterocycles. The average molecular weight is 544 g/mol. The van der Waals surface area contributed by atoms with Crippen LogP contribution in [0.1, 0.15) is 26.3 Å². The number of aliphatic hydroxyl groups is 1. The lowest BCUT2D eigenvalue weighted by Gasteiger charge is -2.41. The van der Waals surface area contributed by atoms with Crippen molar-refractivity contribution >= 4 is 46.8 Å². The molecule has 5 rings (SSSR count). The van der Waals surface area contributed by atoms with E-state index in [1.807, 2.05) is 64.1 Å². The number of hydrogen-bond acceptors (Lipinski definition) is 5. The Balaban J connectivity index is 1.72. The van der Waals surface area contributed by atoms with Gasteiger partial charge in [-0.05, 0) is 31.4 Å². The molecule has 2 fully saturated rings. The number of fused-ring (bicyclic) bond motifs is 2. The van der Waals surface area contributed by atoms with Crippen LogP contribution >= 0.6 is 23.4 Å². The number of likely N-dealkylation sites (N-methyl/N-ethyl adjacent to an activating group) is 1. The summed E-state index contributed by atoms with van der Waals surface area (Å²) in [6.45, 7) is 8.29. The minimum atomic E-state index is -0.960.